The van der Waals surface area contributed by atoms with E-state index in [1.54, 1.807) is 0 Å². The van der Waals surface area contributed by atoms with Gasteiger partial charge in [-0.2, -0.15) is 0 Å². The molecule has 0 spiro atoms. The molecule has 0 saturated carbocycles. The van der Waals surface area contributed by atoms with Gasteiger partial charge in [-0.25, -0.2) is 23.6 Å². The number of hydrogen-bond acceptors (Lipinski definition) is 5. The van der Waals surface area contributed by atoms with Crippen LogP contribution in [0, 0.1) is 17.2 Å². The smallest absolute Gasteiger partial charge is 0.221 e. The summed E-state index contributed by atoms with van der Waals surface area (Å²) in [6.45, 7) is 2.14. The van der Waals surface area contributed by atoms with Gasteiger partial charge in [0.1, 0.15) is 0 Å². The van der Waals surface area contributed by atoms with Crippen LogP contribution in [0.25, 0.3) is 32.2 Å². The van der Waals surface area contributed by atoms with Crippen molar-refractivity contribution in [2.75, 3.05) is 0 Å². The van der Waals surface area contributed by atoms with E-state index in [-0.39, 0.29) is 0 Å². The van der Waals surface area contributed by atoms with Gasteiger partial charge in [-0.15, -0.1) is 21.6 Å². The van der Waals surface area contributed by atoms with Crippen LogP contribution >= 0.6 is 11.3 Å². The van der Waals surface area contributed by atoms with E-state index in [1.807, 2.05) is 11.3 Å². The van der Waals surface area contributed by atoms with E-state index in [9.17, 15) is 0 Å². The molecule has 0 bridgehead atoms. The molecule has 0 atom stereocenters. The number of aryl methyl sites for hydroxylation is 1. The highest BCUT2D eigenvalue weighted by molar-refractivity contribution is 7.17. The SMILES string of the molecule is Cc1ccc2c3[nH+]c4ccccc4c-3csc2c1.[O-][Cl+3]([O-])([O-])[O-]. The molecule has 0 fully saturated rings. The molecular weight excluding hydrogens is 338 g/mol. The Morgan fingerprint density at radius 2 is 1.65 bits per heavy atom. The van der Waals surface area contributed by atoms with Gasteiger partial charge in [-0.1, -0.05) is 18.2 Å². The monoisotopic (exact) mass is 349 g/mol. The molecule has 0 amide bonds. The zero-order chi connectivity index (χ0) is 16.6. The maximum atomic E-state index is 8.49. The molecule has 5 nitrogen and oxygen atoms in total. The van der Waals surface area contributed by atoms with Gasteiger partial charge in [0, 0.05) is 16.1 Å². The predicted molar refractivity (Wildman–Crippen MR) is 77.2 cm³/mol. The lowest BCUT2D eigenvalue weighted by molar-refractivity contribution is -2.00. The van der Waals surface area contributed by atoms with Crippen molar-refractivity contribution in [1.29, 1.82) is 0 Å². The van der Waals surface area contributed by atoms with Crippen molar-refractivity contribution < 1.29 is 33.9 Å². The van der Waals surface area contributed by atoms with Crippen LogP contribution in [-0.2, 0) is 0 Å². The zero-order valence-electron chi connectivity index (χ0n) is 12.0. The fourth-order valence-corrected chi connectivity index (χ4v) is 3.60. The molecule has 4 rings (SSSR count). The maximum Gasteiger partial charge on any atom is 0.221 e. The minimum atomic E-state index is -4.94. The van der Waals surface area contributed by atoms with E-state index in [0.29, 0.717) is 0 Å². The van der Waals surface area contributed by atoms with Gasteiger partial charge in [-0.3, -0.25) is 0 Å². The molecule has 2 aliphatic rings. The van der Waals surface area contributed by atoms with Gasteiger partial charge in [0.15, 0.2) is 0 Å². The average molecular weight is 350 g/mol. The zero-order valence-corrected chi connectivity index (χ0v) is 13.6. The second kappa shape index (κ2) is 6.01. The van der Waals surface area contributed by atoms with Gasteiger partial charge < -0.3 is 0 Å². The summed E-state index contributed by atoms with van der Waals surface area (Å²) >= 11 is 1.82. The third-order valence-electron chi connectivity index (χ3n) is 3.46. The van der Waals surface area contributed by atoms with Crippen LogP contribution < -0.4 is 23.6 Å². The Balaban J connectivity index is 0.000000276. The number of para-hydroxylation sites is 1. The Bertz CT molecular complexity index is 942. The van der Waals surface area contributed by atoms with Gasteiger partial charge >= 0.3 is 0 Å². The van der Waals surface area contributed by atoms with Crippen LogP contribution in [0.1, 0.15) is 5.56 Å². The summed E-state index contributed by atoms with van der Waals surface area (Å²) in [5.74, 6) is 0. The van der Waals surface area contributed by atoms with E-state index < -0.39 is 10.2 Å². The number of hydrogen-bond donors (Lipinski definition) is 0. The number of nitrogens with one attached hydrogen (secondary N) is 1. The summed E-state index contributed by atoms with van der Waals surface area (Å²) < 4.78 is 35.3. The predicted octanol–water partition coefficient (Wildman–Crippen LogP) is -0.474. The molecule has 0 radical (unpaired) electrons. The molecule has 7 heteroatoms. The Morgan fingerprint density at radius 1 is 0.957 bits per heavy atom. The highest BCUT2D eigenvalue weighted by Crippen LogP contribution is 2.36. The van der Waals surface area contributed by atoms with Crippen molar-refractivity contribution in [3.05, 3.63) is 53.4 Å². The molecule has 0 aromatic heterocycles. The molecule has 2 heterocycles. The number of H-pyrrole nitrogens is 1. The molecule has 0 aliphatic carbocycles. The van der Waals surface area contributed by atoms with E-state index >= 15 is 0 Å². The van der Waals surface area contributed by atoms with Gasteiger partial charge in [-0.05, 0) is 30.7 Å². The largest absolute Gasteiger partial charge is 0.222 e. The first-order chi connectivity index (χ1) is 10.8. The highest BCUT2D eigenvalue weighted by Gasteiger charge is 2.20. The molecule has 2 aromatic carbocycles. The molecule has 0 saturated heterocycles. The minimum absolute atomic E-state index is 1.22. The highest BCUT2D eigenvalue weighted by atomic mass is 35.7. The lowest BCUT2D eigenvalue weighted by Gasteiger charge is -2.17. The second-order valence-corrected chi connectivity index (χ2v) is 6.74. The van der Waals surface area contributed by atoms with Gasteiger partial charge in [0.25, 0.3) is 0 Å². The maximum absolute atomic E-state index is 8.49. The van der Waals surface area contributed by atoms with E-state index in [0.717, 1.165) is 0 Å². The Hall–Kier alpha value is -1.80. The van der Waals surface area contributed by atoms with Crippen molar-refractivity contribution in [3.63, 3.8) is 0 Å². The van der Waals surface area contributed by atoms with Crippen LogP contribution in [0.4, 0.5) is 0 Å². The standard InChI is InChI=1S/C16H11NS.ClHO4/c1-10-6-7-12-15(8-10)18-9-13-11-4-2-3-5-14(11)17-16(12)13;2-1(3,4)5/h2-9H,1H3;(H,2,3,4,5). The lowest BCUT2D eigenvalue weighted by Crippen LogP contribution is -2.68. The first-order valence-electron chi connectivity index (χ1n) is 6.66. The fourth-order valence-electron chi connectivity index (χ4n) is 2.55. The summed E-state index contributed by atoms with van der Waals surface area (Å²) in [5.41, 5.74) is 5.11. The average Bonchev–Trinajstić information content (AvgIpc) is 2.84. The Morgan fingerprint density at radius 3 is 2.39 bits per heavy atom. The summed E-state index contributed by atoms with van der Waals surface area (Å²) in [5, 5.41) is 4.89. The van der Waals surface area contributed by atoms with Crippen molar-refractivity contribution in [3.8, 4) is 11.3 Å². The van der Waals surface area contributed by atoms with Crippen LogP contribution in [0.2, 0.25) is 0 Å². The van der Waals surface area contributed by atoms with Crippen molar-refractivity contribution in [1.82, 2.24) is 0 Å². The second-order valence-electron chi connectivity index (χ2n) is 5.07. The van der Waals surface area contributed by atoms with Crippen LogP contribution in [-0.4, -0.2) is 0 Å². The van der Waals surface area contributed by atoms with E-state index in [2.05, 4.69) is 59.8 Å². The van der Waals surface area contributed by atoms with E-state index in [1.165, 1.54) is 37.8 Å². The fraction of sp³-hybridized carbons (Fsp3) is 0.0625. The molecule has 0 unspecified atom stereocenters. The molecule has 1 N–H and O–H groups in total. The van der Waals surface area contributed by atoms with Crippen molar-refractivity contribution in [2.45, 2.75) is 6.92 Å². The number of rotatable bonds is 0. The number of halogens is 1. The van der Waals surface area contributed by atoms with Gasteiger partial charge in [0.05, 0.1) is 16.3 Å². The minimum Gasteiger partial charge on any atom is -0.222 e. The summed E-state index contributed by atoms with van der Waals surface area (Å²) in [7, 11) is -4.94. The molecular formula is C16H12ClNO4S. The van der Waals surface area contributed by atoms with Crippen molar-refractivity contribution in [2.24, 2.45) is 0 Å². The topological polar surface area (TPSA) is 106 Å². The first kappa shape index (κ1) is 16.1. The molecule has 23 heavy (non-hydrogen) atoms. The number of benzene rings is 2. The molecule has 2 aromatic rings. The van der Waals surface area contributed by atoms with Crippen LogP contribution in [0.5, 0.6) is 0 Å². The molecule has 118 valence electrons. The number of aromatic nitrogens is 1. The van der Waals surface area contributed by atoms with E-state index in [4.69, 9.17) is 18.6 Å². The third kappa shape index (κ3) is 3.59. The van der Waals surface area contributed by atoms with Gasteiger partial charge in [0.2, 0.25) is 11.2 Å². The van der Waals surface area contributed by atoms with Crippen LogP contribution in [0.15, 0.2) is 47.8 Å². The summed E-state index contributed by atoms with van der Waals surface area (Å²) in [4.78, 5) is 3.55. The third-order valence-corrected chi connectivity index (χ3v) is 4.40. The van der Waals surface area contributed by atoms with Crippen LogP contribution in [0.3, 0.4) is 0 Å². The van der Waals surface area contributed by atoms with Crippen molar-refractivity contribution >= 4 is 32.3 Å². The lowest BCUT2D eigenvalue weighted by atomic mass is 10.1. The first-order valence-corrected chi connectivity index (χ1v) is 8.78. The normalized spacial score (nSPS) is 11.7. The summed E-state index contributed by atoms with van der Waals surface area (Å²) in [6, 6.07) is 15.2. The Kier molecular flexibility index (Phi) is 4.20. The number of fused-ring (bicyclic) bond motifs is 5. The number of aromatic amines is 1. The quantitative estimate of drug-likeness (QED) is 0.427. The summed E-state index contributed by atoms with van der Waals surface area (Å²) in [6.07, 6.45) is 0. The Labute approximate surface area is 138 Å². The molecule has 2 aliphatic heterocycles.